The molecule has 2 N–H and O–H groups in total. The SMILES string of the molecule is COc1cc(/C=N/NC(=S)Nc2c(C)cccc2C)cc(OC)c1OC. The number of para-hydroxylation sites is 1. The highest BCUT2D eigenvalue weighted by molar-refractivity contribution is 7.80. The molecule has 0 aliphatic carbocycles. The van der Waals surface area contributed by atoms with Crippen LogP contribution in [0.4, 0.5) is 5.69 Å². The fourth-order valence-corrected chi connectivity index (χ4v) is 2.65. The number of rotatable bonds is 6. The average Bonchev–Trinajstić information content (AvgIpc) is 2.63. The summed E-state index contributed by atoms with van der Waals surface area (Å²) >= 11 is 5.30. The first kappa shape index (κ1) is 19.5. The summed E-state index contributed by atoms with van der Waals surface area (Å²) in [5.41, 5.74) is 6.80. The third-order valence-corrected chi connectivity index (χ3v) is 3.98. The van der Waals surface area contributed by atoms with Gasteiger partial charge in [-0.2, -0.15) is 5.10 Å². The predicted octanol–water partition coefficient (Wildman–Crippen LogP) is 3.65. The molecule has 2 aromatic rings. The van der Waals surface area contributed by atoms with Gasteiger partial charge in [0.25, 0.3) is 0 Å². The minimum atomic E-state index is 0.408. The topological polar surface area (TPSA) is 64.1 Å². The van der Waals surface area contributed by atoms with Crippen LogP contribution in [-0.4, -0.2) is 32.7 Å². The average molecular weight is 373 g/mol. The van der Waals surface area contributed by atoms with Crippen LogP contribution in [0.3, 0.4) is 0 Å². The number of hydrogen-bond donors (Lipinski definition) is 2. The molecule has 0 aromatic heterocycles. The van der Waals surface area contributed by atoms with Crippen molar-refractivity contribution in [2.45, 2.75) is 13.8 Å². The molecule has 2 aromatic carbocycles. The second kappa shape index (κ2) is 9.05. The Hall–Kier alpha value is -2.80. The maximum atomic E-state index is 5.33. The zero-order chi connectivity index (χ0) is 19.1. The summed E-state index contributed by atoms with van der Waals surface area (Å²) in [4.78, 5) is 0. The number of nitrogens with one attached hydrogen (secondary N) is 2. The van der Waals surface area contributed by atoms with E-state index in [1.54, 1.807) is 39.7 Å². The van der Waals surface area contributed by atoms with Crippen LogP contribution in [0.25, 0.3) is 0 Å². The quantitative estimate of drug-likeness (QED) is 0.458. The van der Waals surface area contributed by atoms with Crippen LogP contribution >= 0.6 is 12.2 Å². The summed E-state index contributed by atoms with van der Waals surface area (Å²) in [7, 11) is 4.70. The molecule has 0 spiro atoms. The van der Waals surface area contributed by atoms with E-state index in [0.717, 1.165) is 22.4 Å². The number of hydrazone groups is 1. The Balaban J connectivity index is 2.09. The molecule has 138 valence electrons. The van der Waals surface area contributed by atoms with Crippen molar-refractivity contribution >= 4 is 29.2 Å². The molecular weight excluding hydrogens is 350 g/mol. The standard InChI is InChI=1S/C19H23N3O3S/c1-12-7-6-8-13(2)17(12)21-19(26)22-20-11-14-9-15(23-3)18(25-5)16(10-14)24-4/h6-11H,1-5H3,(H2,21,22,26)/b20-11+. The lowest BCUT2D eigenvalue weighted by Crippen LogP contribution is -2.24. The van der Waals surface area contributed by atoms with Gasteiger partial charge in [-0.3, -0.25) is 5.43 Å². The molecule has 0 heterocycles. The molecule has 0 bridgehead atoms. The molecule has 2 rings (SSSR count). The van der Waals surface area contributed by atoms with Gasteiger partial charge in [0.2, 0.25) is 5.75 Å². The molecule has 0 amide bonds. The monoisotopic (exact) mass is 373 g/mol. The Kier molecular flexibility index (Phi) is 6.80. The first-order valence-electron chi connectivity index (χ1n) is 7.96. The third kappa shape index (κ3) is 4.64. The molecule has 6 nitrogen and oxygen atoms in total. The lowest BCUT2D eigenvalue weighted by atomic mass is 10.1. The van der Waals surface area contributed by atoms with E-state index in [4.69, 9.17) is 26.4 Å². The Bertz CT molecular complexity index is 776. The molecule has 0 radical (unpaired) electrons. The Morgan fingerprint density at radius 1 is 1.00 bits per heavy atom. The molecule has 0 saturated carbocycles. The first-order chi connectivity index (χ1) is 12.5. The predicted molar refractivity (Wildman–Crippen MR) is 109 cm³/mol. The molecular formula is C19H23N3O3S. The van der Waals surface area contributed by atoms with Crippen LogP contribution in [0.15, 0.2) is 35.4 Å². The van der Waals surface area contributed by atoms with Gasteiger partial charge in [-0.05, 0) is 49.3 Å². The van der Waals surface area contributed by atoms with E-state index >= 15 is 0 Å². The highest BCUT2D eigenvalue weighted by Crippen LogP contribution is 2.37. The first-order valence-corrected chi connectivity index (χ1v) is 8.37. The van der Waals surface area contributed by atoms with Gasteiger partial charge in [0, 0.05) is 11.3 Å². The zero-order valence-corrected chi connectivity index (χ0v) is 16.4. The van der Waals surface area contributed by atoms with Crippen LogP contribution in [-0.2, 0) is 0 Å². The summed E-state index contributed by atoms with van der Waals surface area (Å²) in [5.74, 6) is 1.65. The lowest BCUT2D eigenvalue weighted by molar-refractivity contribution is 0.324. The van der Waals surface area contributed by atoms with Crippen LogP contribution in [0.2, 0.25) is 0 Å². The molecule has 0 aliphatic heterocycles. The number of hydrogen-bond acceptors (Lipinski definition) is 5. The van der Waals surface area contributed by atoms with Gasteiger partial charge < -0.3 is 19.5 Å². The zero-order valence-electron chi connectivity index (χ0n) is 15.5. The van der Waals surface area contributed by atoms with E-state index in [9.17, 15) is 0 Å². The van der Waals surface area contributed by atoms with E-state index < -0.39 is 0 Å². The summed E-state index contributed by atoms with van der Waals surface area (Å²) < 4.78 is 16.0. The molecule has 0 aliphatic rings. The van der Waals surface area contributed by atoms with Crippen LogP contribution in [0.5, 0.6) is 17.2 Å². The molecule has 0 atom stereocenters. The van der Waals surface area contributed by atoms with E-state index in [1.807, 2.05) is 32.0 Å². The van der Waals surface area contributed by atoms with Gasteiger partial charge >= 0.3 is 0 Å². The van der Waals surface area contributed by atoms with Crippen molar-refractivity contribution in [3.05, 3.63) is 47.0 Å². The van der Waals surface area contributed by atoms with E-state index in [0.29, 0.717) is 22.4 Å². The Labute approximate surface area is 159 Å². The van der Waals surface area contributed by atoms with Crippen LogP contribution in [0, 0.1) is 13.8 Å². The van der Waals surface area contributed by atoms with Gasteiger partial charge in [0.15, 0.2) is 16.6 Å². The lowest BCUT2D eigenvalue weighted by Gasteiger charge is -2.13. The van der Waals surface area contributed by atoms with Gasteiger partial charge in [-0.1, -0.05) is 18.2 Å². The van der Waals surface area contributed by atoms with Crippen molar-refractivity contribution in [1.29, 1.82) is 0 Å². The van der Waals surface area contributed by atoms with E-state index in [2.05, 4.69) is 15.8 Å². The molecule has 0 saturated heterocycles. The fraction of sp³-hybridized carbons (Fsp3) is 0.263. The van der Waals surface area contributed by atoms with Crippen molar-refractivity contribution in [1.82, 2.24) is 5.43 Å². The number of ether oxygens (including phenoxy) is 3. The highest BCUT2D eigenvalue weighted by Gasteiger charge is 2.12. The summed E-state index contributed by atoms with van der Waals surface area (Å²) in [6.07, 6.45) is 1.63. The van der Waals surface area contributed by atoms with Crippen molar-refractivity contribution in [2.75, 3.05) is 26.6 Å². The number of thiocarbonyl (C=S) groups is 1. The number of aryl methyl sites for hydroxylation is 2. The number of methoxy groups -OCH3 is 3. The van der Waals surface area contributed by atoms with Crippen LogP contribution in [0.1, 0.15) is 16.7 Å². The third-order valence-electron chi connectivity index (χ3n) is 3.79. The molecule has 26 heavy (non-hydrogen) atoms. The van der Waals surface area contributed by atoms with Crippen molar-refractivity contribution < 1.29 is 14.2 Å². The van der Waals surface area contributed by atoms with Crippen molar-refractivity contribution in [3.63, 3.8) is 0 Å². The minimum Gasteiger partial charge on any atom is -0.493 e. The highest BCUT2D eigenvalue weighted by atomic mass is 32.1. The number of anilines is 1. The van der Waals surface area contributed by atoms with Crippen molar-refractivity contribution in [2.24, 2.45) is 5.10 Å². The van der Waals surface area contributed by atoms with E-state index in [1.165, 1.54) is 0 Å². The summed E-state index contributed by atoms with van der Waals surface area (Å²) in [6.45, 7) is 4.05. The second-order valence-corrected chi connectivity index (χ2v) is 5.96. The second-order valence-electron chi connectivity index (χ2n) is 5.55. The van der Waals surface area contributed by atoms with Gasteiger partial charge in [-0.15, -0.1) is 0 Å². The smallest absolute Gasteiger partial charge is 0.203 e. The molecule has 7 heteroatoms. The summed E-state index contributed by atoms with van der Waals surface area (Å²) in [6, 6.07) is 9.66. The van der Waals surface area contributed by atoms with Gasteiger partial charge in [0.1, 0.15) is 0 Å². The molecule has 0 unspecified atom stereocenters. The maximum absolute atomic E-state index is 5.33. The Morgan fingerprint density at radius 3 is 2.08 bits per heavy atom. The summed E-state index contributed by atoms with van der Waals surface area (Å²) in [5, 5.41) is 7.75. The minimum absolute atomic E-state index is 0.408. The van der Waals surface area contributed by atoms with Crippen molar-refractivity contribution in [3.8, 4) is 17.2 Å². The fourth-order valence-electron chi connectivity index (χ4n) is 2.49. The van der Waals surface area contributed by atoms with Gasteiger partial charge in [-0.25, -0.2) is 0 Å². The molecule has 0 fully saturated rings. The largest absolute Gasteiger partial charge is 0.493 e. The maximum Gasteiger partial charge on any atom is 0.203 e. The number of nitrogens with zero attached hydrogens (tertiary/aromatic N) is 1. The van der Waals surface area contributed by atoms with Crippen LogP contribution < -0.4 is 25.0 Å². The van der Waals surface area contributed by atoms with E-state index in [-0.39, 0.29) is 0 Å². The Morgan fingerprint density at radius 2 is 1.58 bits per heavy atom. The normalized spacial score (nSPS) is 10.5. The van der Waals surface area contributed by atoms with Gasteiger partial charge in [0.05, 0.1) is 27.5 Å². The number of benzene rings is 2.